The van der Waals surface area contributed by atoms with E-state index < -0.39 is 10.8 Å². The number of halogens is 1. The number of carbonyl (C=O) groups excluding carboxylic acids is 1. The van der Waals surface area contributed by atoms with E-state index in [1.807, 2.05) is 0 Å². The third kappa shape index (κ3) is 4.41. The number of aromatic nitrogens is 4. The number of aryl methyl sites for hydroxylation is 1. The van der Waals surface area contributed by atoms with Crippen molar-refractivity contribution in [1.29, 1.82) is 0 Å². The normalized spacial score (nSPS) is 11.0. The minimum Gasteiger partial charge on any atom is -0.454 e. The van der Waals surface area contributed by atoms with Gasteiger partial charge in [-0.15, -0.1) is 0 Å². The van der Waals surface area contributed by atoms with Gasteiger partial charge >= 0.3 is 5.69 Å². The smallest absolute Gasteiger partial charge is 0.312 e. The van der Waals surface area contributed by atoms with Crippen LogP contribution in [0.5, 0.6) is 0 Å². The van der Waals surface area contributed by atoms with Crippen molar-refractivity contribution in [2.75, 3.05) is 5.32 Å². The summed E-state index contributed by atoms with van der Waals surface area (Å²) in [5.74, 6) is -0.0139. The number of rotatable bonds is 7. The minimum atomic E-state index is -0.494. The van der Waals surface area contributed by atoms with Gasteiger partial charge in [0.2, 0.25) is 0 Å². The van der Waals surface area contributed by atoms with Crippen molar-refractivity contribution < 1.29 is 18.5 Å². The van der Waals surface area contributed by atoms with Crippen LogP contribution >= 0.6 is 0 Å². The van der Waals surface area contributed by atoms with Gasteiger partial charge in [-0.25, -0.2) is 4.39 Å². The van der Waals surface area contributed by atoms with Crippen molar-refractivity contribution in [2.45, 2.75) is 26.9 Å². The Labute approximate surface area is 181 Å². The fourth-order valence-corrected chi connectivity index (χ4v) is 3.35. The maximum absolute atomic E-state index is 13.3. The molecule has 164 valence electrons. The predicted molar refractivity (Wildman–Crippen MR) is 112 cm³/mol. The second kappa shape index (κ2) is 8.46. The van der Waals surface area contributed by atoms with Crippen LogP contribution in [0.2, 0.25) is 0 Å². The molecule has 1 amide bonds. The van der Waals surface area contributed by atoms with Crippen molar-refractivity contribution >= 4 is 17.4 Å². The lowest BCUT2D eigenvalue weighted by molar-refractivity contribution is -0.386. The van der Waals surface area contributed by atoms with Gasteiger partial charge in [0.25, 0.3) is 5.91 Å². The third-order valence-electron chi connectivity index (χ3n) is 4.83. The molecule has 0 saturated heterocycles. The van der Waals surface area contributed by atoms with E-state index in [9.17, 15) is 19.3 Å². The van der Waals surface area contributed by atoms with Crippen LogP contribution in [-0.2, 0) is 13.1 Å². The number of furan rings is 1. The van der Waals surface area contributed by atoms with E-state index in [-0.39, 0.29) is 23.8 Å². The first-order valence-electron chi connectivity index (χ1n) is 9.66. The lowest BCUT2D eigenvalue weighted by atomic mass is 10.2. The largest absolute Gasteiger partial charge is 0.454 e. The van der Waals surface area contributed by atoms with E-state index >= 15 is 0 Å². The van der Waals surface area contributed by atoms with Crippen LogP contribution in [0.25, 0.3) is 0 Å². The average Bonchev–Trinajstić information content (AvgIpc) is 3.42. The van der Waals surface area contributed by atoms with Crippen LogP contribution in [0, 0.1) is 29.8 Å². The number of nitro groups is 1. The second-order valence-corrected chi connectivity index (χ2v) is 7.18. The predicted octanol–water partition coefficient (Wildman–Crippen LogP) is 3.69. The number of nitrogens with zero attached hydrogens (tertiary/aromatic N) is 5. The summed E-state index contributed by atoms with van der Waals surface area (Å²) in [6.45, 7) is 3.67. The van der Waals surface area contributed by atoms with Crippen LogP contribution in [0.4, 0.5) is 15.9 Å². The van der Waals surface area contributed by atoms with Gasteiger partial charge in [0, 0.05) is 12.3 Å². The second-order valence-electron chi connectivity index (χ2n) is 7.18. The molecule has 0 bridgehead atoms. The highest BCUT2D eigenvalue weighted by atomic mass is 19.1. The van der Waals surface area contributed by atoms with E-state index in [0.717, 1.165) is 5.56 Å². The first-order valence-corrected chi connectivity index (χ1v) is 9.66. The fourth-order valence-electron chi connectivity index (χ4n) is 3.35. The molecule has 0 fully saturated rings. The van der Waals surface area contributed by atoms with Gasteiger partial charge in [-0.1, -0.05) is 12.1 Å². The molecule has 0 radical (unpaired) electrons. The van der Waals surface area contributed by atoms with Gasteiger partial charge < -0.3 is 9.73 Å². The Morgan fingerprint density at radius 1 is 1.19 bits per heavy atom. The van der Waals surface area contributed by atoms with Crippen molar-refractivity contribution in [3.8, 4) is 0 Å². The molecule has 0 unspecified atom stereocenters. The molecule has 32 heavy (non-hydrogen) atoms. The highest BCUT2D eigenvalue weighted by Crippen LogP contribution is 2.23. The molecule has 0 aliphatic heterocycles. The van der Waals surface area contributed by atoms with Crippen molar-refractivity contribution in [1.82, 2.24) is 19.6 Å². The summed E-state index contributed by atoms with van der Waals surface area (Å²) in [5.41, 5.74) is 1.42. The molecule has 3 aromatic heterocycles. The molecule has 1 aromatic carbocycles. The number of amides is 1. The lowest BCUT2D eigenvalue weighted by Crippen LogP contribution is -2.12. The van der Waals surface area contributed by atoms with E-state index in [1.165, 1.54) is 22.9 Å². The zero-order chi connectivity index (χ0) is 22.8. The number of carbonyl (C=O) groups is 1. The highest BCUT2D eigenvalue weighted by Gasteiger charge is 2.22. The van der Waals surface area contributed by atoms with Crippen LogP contribution in [-0.4, -0.2) is 30.4 Å². The van der Waals surface area contributed by atoms with Gasteiger partial charge in [-0.2, -0.15) is 10.2 Å². The molecule has 11 heteroatoms. The SMILES string of the molecule is Cc1nn(Cc2ccc(C(=O)Nc3ccn(Cc4cccc(F)c4)n3)o2)c(C)c1[N+](=O)[O-]. The maximum atomic E-state index is 13.3. The molecule has 4 rings (SSSR count). The Morgan fingerprint density at radius 2 is 2.00 bits per heavy atom. The summed E-state index contributed by atoms with van der Waals surface area (Å²) in [7, 11) is 0. The standard InChI is InChI=1S/C21H19FN6O4/c1-13-20(28(30)31)14(2)27(24-13)12-17-6-7-18(32-17)21(29)23-19-8-9-26(25-19)11-15-4-3-5-16(22)10-15/h3-10H,11-12H2,1-2H3,(H,23,25,29). The third-order valence-corrected chi connectivity index (χ3v) is 4.83. The summed E-state index contributed by atoms with van der Waals surface area (Å²) in [6.07, 6.45) is 1.67. The fraction of sp³-hybridized carbons (Fsp3) is 0.190. The topological polar surface area (TPSA) is 121 Å². The molecule has 0 spiro atoms. The first-order chi connectivity index (χ1) is 15.3. The van der Waals surface area contributed by atoms with Gasteiger partial charge in [0.05, 0.1) is 18.0 Å². The number of nitrogens with one attached hydrogen (secondary N) is 1. The minimum absolute atomic E-state index is 0.0386. The molecule has 0 aliphatic carbocycles. The zero-order valence-electron chi connectivity index (χ0n) is 17.3. The van der Waals surface area contributed by atoms with E-state index in [2.05, 4.69) is 15.5 Å². The van der Waals surface area contributed by atoms with Gasteiger partial charge in [-0.05, 0) is 43.7 Å². The lowest BCUT2D eigenvalue weighted by Gasteiger charge is -2.03. The van der Waals surface area contributed by atoms with Gasteiger partial charge in [0.15, 0.2) is 11.6 Å². The zero-order valence-corrected chi connectivity index (χ0v) is 17.3. The summed E-state index contributed by atoms with van der Waals surface area (Å²) < 4.78 is 21.9. The van der Waals surface area contributed by atoms with E-state index in [1.54, 1.807) is 49.0 Å². The molecule has 1 N–H and O–H groups in total. The van der Waals surface area contributed by atoms with Crippen molar-refractivity contribution in [3.05, 3.63) is 93.1 Å². The number of hydrogen-bond acceptors (Lipinski definition) is 6. The van der Waals surface area contributed by atoms with Gasteiger partial charge in [0.1, 0.15) is 23.0 Å². The summed E-state index contributed by atoms with van der Waals surface area (Å²) in [4.78, 5) is 23.2. The Balaban J connectivity index is 1.41. The number of hydrogen-bond donors (Lipinski definition) is 1. The highest BCUT2D eigenvalue weighted by molar-refractivity contribution is 6.01. The quantitative estimate of drug-likeness (QED) is 0.347. The average molecular weight is 438 g/mol. The molecule has 0 saturated carbocycles. The summed E-state index contributed by atoms with van der Waals surface area (Å²) in [5, 5.41) is 22.2. The number of anilines is 1. The van der Waals surface area contributed by atoms with Crippen molar-refractivity contribution in [2.24, 2.45) is 0 Å². The maximum Gasteiger partial charge on any atom is 0.312 e. The Kier molecular flexibility index (Phi) is 5.54. The Bertz CT molecular complexity index is 1310. The molecular formula is C21H19FN6O4. The molecule has 3 heterocycles. The number of benzene rings is 1. The van der Waals surface area contributed by atoms with Crippen LogP contribution < -0.4 is 5.32 Å². The van der Waals surface area contributed by atoms with Gasteiger partial charge in [-0.3, -0.25) is 24.3 Å². The van der Waals surface area contributed by atoms with Crippen molar-refractivity contribution in [3.63, 3.8) is 0 Å². The molecule has 10 nitrogen and oxygen atoms in total. The monoisotopic (exact) mass is 438 g/mol. The summed E-state index contributed by atoms with van der Waals surface area (Å²) in [6, 6.07) is 10.9. The van der Waals surface area contributed by atoms with Crippen LogP contribution in [0.1, 0.15) is 33.3 Å². The summed E-state index contributed by atoms with van der Waals surface area (Å²) >= 11 is 0. The van der Waals surface area contributed by atoms with E-state index in [4.69, 9.17) is 4.42 Å². The van der Waals surface area contributed by atoms with Crippen LogP contribution in [0.15, 0.2) is 53.1 Å². The molecule has 4 aromatic rings. The van der Waals surface area contributed by atoms with E-state index in [0.29, 0.717) is 29.5 Å². The molecular weight excluding hydrogens is 419 g/mol. The van der Waals surface area contributed by atoms with Crippen LogP contribution in [0.3, 0.4) is 0 Å². The Morgan fingerprint density at radius 3 is 2.72 bits per heavy atom. The first kappa shape index (κ1) is 21.0. The molecule has 0 atom stereocenters. The molecule has 0 aliphatic rings. The Hall–Kier alpha value is -4.28.